The Balaban J connectivity index is 2.39. The minimum absolute atomic E-state index is 0.200. The first-order chi connectivity index (χ1) is 24.8. The molecule has 0 radical (unpaired) electrons. The Kier molecular flexibility index (Phi) is 30.4. The molecule has 6 atom stereocenters. The summed E-state index contributed by atoms with van der Waals surface area (Å²) in [5, 5.41) is 39.9. The quantitative estimate of drug-likeness (QED) is 0.0300. The van der Waals surface area contributed by atoms with Gasteiger partial charge in [-0.15, -0.1) is 0 Å². The minimum atomic E-state index is -1.60. The van der Waals surface area contributed by atoms with E-state index in [9.17, 15) is 30.0 Å². The second-order valence-electron chi connectivity index (χ2n) is 14.1. The van der Waals surface area contributed by atoms with Gasteiger partial charge in [-0.1, -0.05) is 122 Å². The number of allylic oxidation sites excluding steroid dienone is 4. The van der Waals surface area contributed by atoms with Gasteiger partial charge in [-0.05, 0) is 57.8 Å². The lowest BCUT2D eigenvalue weighted by Crippen LogP contribution is -2.59. The number of carbonyl (C=O) groups is 2. The Bertz CT molecular complexity index is 892. The summed E-state index contributed by atoms with van der Waals surface area (Å²) < 4.78 is 22.0. The van der Waals surface area contributed by atoms with Crippen LogP contribution >= 0.6 is 0 Å². The summed E-state index contributed by atoms with van der Waals surface area (Å²) in [6, 6.07) is 0. The molecule has 0 aromatic rings. The molecule has 298 valence electrons. The number of esters is 2. The summed E-state index contributed by atoms with van der Waals surface area (Å²) in [4.78, 5) is 25.2. The van der Waals surface area contributed by atoms with Crippen LogP contribution in [0.1, 0.15) is 168 Å². The van der Waals surface area contributed by atoms with E-state index in [2.05, 4.69) is 38.2 Å². The average molecular weight is 727 g/mol. The van der Waals surface area contributed by atoms with Gasteiger partial charge in [-0.3, -0.25) is 9.59 Å². The van der Waals surface area contributed by atoms with Crippen LogP contribution in [0.4, 0.5) is 0 Å². The fourth-order valence-electron chi connectivity index (χ4n) is 5.99. The van der Waals surface area contributed by atoms with Crippen molar-refractivity contribution < 1.29 is 49.0 Å². The van der Waals surface area contributed by atoms with E-state index in [4.69, 9.17) is 18.9 Å². The largest absolute Gasteiger partial charge is 0.462 e. The van der Waals surface area contributed by atoms with Gasteiger partial charge in [0.15, 0.2) is 12.4 Å². The third kappa shape index (κ3) is 24.9. The lowest BCUT2D eigenvalue weighted by molar-refractivity contribution is -0.305. The summed E-state index contributed by atoms with van der Waals surface area (Å²) in [7, 11) is 0. The van der Waals surface area contributed by atoms with Gasteiger partial charge in [-0.2, -0.15) is 0 Å². The molecule has 4 N–H and O–H groups in total. The number of aliphatic hydroxyl groups excluding tert-OH is 4. The third-order valence-electron chi connectivity index (χ3n) is 9.31. The van der Waals surface area contributed by atoms with E-state index in [1.807, 2.05) is 0 Å². The molecule has 1 rings (SSSR count). The SMILES string of the molecule is CCCC/C=C/CCCCCCCC(=O)OC[C@H](CO[C@@H]1O[C@H](CO)[C@H](O)C(O)C1O)OC(=O)CCCC/C=C/CCCCCCCCCCC. The molecule has 0 spiro atoms. The van der Waals surface area contributed by atoms with Gasteiger partial charge < -0.3 is 39.4 Å². The number of carbonyl (C=O) groups excluding carboxylic acids is 2. The summed E-state index contributed by atoms with van der Waals surface area (Å²) in [6.07, 6.45) is 26.2. The van der Waals surface area contributed by atoms with Crippen LogP contribution in [0.2, 0.25) is 0 Å². The van der Waals surface area contributed by atoms with Gasteiger partial charge in [0, 0.05) is 12.8 Å². The molecular formula is C41H74O10. The molecule has 0 amide bonds. The average Bonchev–Trinajstić information content (AvgIpc) is 3.13. The first-order valence-electron chi connectivity index (χ1n) is 20.4. The van der Waals surface area contributed by atoms with Gasteiger partial charge >= 0.3 is 11.9 Å². The van der Waals surface area contributed by atoms with Gasteiger partial charge in [0.25, 0.3) is 0 Å². The molecule has 0 aliphatic carbocycles. The maximum atomic E-state index is 12.7. The van der Waals surface area contributed by atoms with E-state index in [1.165, 1.54) is 70.6 Å². The predicted molar refractivity (Wildman–Crippen MR) is 201 cm³/mol. The zero-order chi connectivity index (χ0) is 37.4. The number of ether oxygens (including phenoxy) is 4. The molecule has 1 heterocycles. The van der Waals surface area contributed by atoms with Crippen molar-refractivity contribution in [2.45, 2.75) is 205 Å². The van der Waals surface area contributed by atoms with E-state index in [1.54, 1.807) is 0 Å². The molecule has 1 saturated heterocycles. The van der Waals surface area contributed by atoms with Crippen LogP contribution in [0.5, 0.6) is 0 Å². The van der Waals surface area contributed by atoms with E-state index in [0.717, 1.165) is 57.8 Å². The molecule has 0 bridgehead atoms. The van der Waals surface area contributed by atoms with Crippen LogP contribution in [0, 0.1) is 0 Å². The van der Waals surface area contributed by atoms with Crippen LogP contribution in [-0.2, 0) is 28.5 Å². The Labute approximate surface area is 309 Å². The third-order valence-corrected chi connectivity index (χ3v) is 9.31. The van der Waals surface area contributed by atoms with Crippen molar-refractivity contribution >= 4 is 11.9 Å². The van der Waals surface area contributed by atoms with E-state index in [0.29, 0.717) is 12.8 Å². The first-order valence-corrected chi connectivity index (χ1v) is 20.4. The number of hydrogen-bond donors (Lipinski definition) is 4. The Morgan fingerprint density at radius 3 is 1.63 bits per heavy atom. The van der Waals surface area contributed by atoms with Crippen LogP contribution < -0.4 is 0 Å². The molecular weight excluding hydrogens is 652 g/mol. The molecule has 1 aliphatic heterocycles. The maximum absolute atomic E-state index is 12.7. The van der Waals surface area contributed by atoms with Crippen LogP contribution in [0.15, 0.2) is 24.3 Å². The van der Waals surface area contributed by atoms with Crippen LogP contribution in [0.25, 0.3) is 0 Å². The second-order valence-corrected chi connectivity index (χ2v) is 14.1. The maximum Gasteiger partial charge on any atom is 0.306 e. The predicted octanol–water partition coefficient (Wildman–Crippen LogP) is 7.77. The molecule has 51 heavy (non-hydrogen) atoms. The van der Waals surface area contributed by atoms with E-state index < -0.39 is 55.4 Å². The Hall–Kier alpha value is -1.82. The van der Waals surface area contributed by atoms with Crippen molar-refractivity contribution in [2.75, 3.05) is 19.8 Å². The molecule has 1 fully saturated rings. The van der Waals surface area contributed by atoms with E-state index >= 15 is 0 Å². The fraction of sp³-hybridized carbons (Fsp3) is 0.854. The second kappa shape index (κ2) is 32.8. The van der Waals surface area contributed by atoms with Crippen LogP contribution in [0.3, 0.4) is 0 Å². The topological polar surface area (TPSA) is 152 Å². The van der Waals surface area contributed by atoms with Gasteiger partial charge in [0.1, 0.15) is 31.0 Å². The molecule has 10 nitrogen and oxygen atoms in total. The fourth-order valence-corrected chi connectivity index (χ4v) is 5.99. The smallest absolute Gasteiger partial charge is 0.306 e. The number of hydrogen-bond acceptors (Lipinski definition) is 10. The van der Waals surface area contributed by atoms with Crippen LogP contribution in [-0.4, -0.2) is 89.0 Å². The number of unbranched alkanes of at least 4 members (excludes halogenated alkanes) is 18. The molecule has 2 unspecified atom stereocenters. The van der Waals surface area contributed by atoms with Crippen molar-refractivity contribution in [1.29, 1.82) is 0 Å². The van der Waals surface area contributed by atoms with E-state index in [-0.39, 0.29) is 26.1 Å². The van der Waals surface area contributed by atoms with Gasteiger partial charge in [0.2, 0.25) is 0 Å². The summed E-state index contributed by atoms with van der Waals surface area (Å²) in [5.74, 6) is -0.843. The summed E-state index contributed by atoms with van der Waals surface area (Å²) in [5.41, 5.74) is 0. The zero-order valence-corrected chi connectivity index (χ0v) is 32.1. The lowest BCUT2D eigenvalue weighted by atomic mass is 9.99. The molecule has 0 aromatic heterocycles. The lowest BCUT2D eigenvalue weighted by Gasteiger charge is -2.39. The highest BCUT2D eigenvalue weighted by Crippen LogP contribution is 2.22. The van der Waals surface area contributed by atoms with Crippen molar-refractivity contribution in [3.05, 3.63) is 24.3 Å². The number of rotatable bonds is 33. The highest BCUT2D eigenvalue weighted by molar-refractivity contribution is 5.70. The Morgan fingerprint density at radius 1 is 0.588 bits per heavy atom. The summed E-state index contributed by atoms with van der Waals surface area (Å²) in [6.45, 7) is 3.34. The molecule has 1 aliphatic rings. The number of aliphatic hydroxyl groups is 4. The standard InChI is InChI=1S/C41H74O10/c1-3-5-7-9-11-13-15-16-17-18-20-22-24-26-28-30-37(44)50-34(33-49-41-40(47)39(46)38(45)35(31-42)51-41)32-48-36(43)29-27-25-23-21-19-14-12-10-8-6-4-2/h10,12,20,22,34-35,38-42,45-47H,3-9,11,13-19,21,23-33H2,1-2H3/b12-10+,22-20+/t34-,35-,38+,39?,40?,41-/m1/s1. The highest BCUT2D eigenvalue weighted by atomic mass is 16.7. The zero-order valence-electron chi connectivity index (χ0n) is 32.1. The first kappa shape index (κ1) is 47.2. The van der Waals surface area contributed by atoms with Gasteiger partial charge in [0.05, 0.1) is 13.2 Å². The minimum Gasteiger partial charge on any atom is -0.462 e. The van der Waals surface area contributed by atoms with Gasteiger partial charge in [-0.25, -0.2) is 0 Å². The van der Waals surface area contributed by atoms with Crippen molar-refractivity contribution in [1.82, 2.24) is 0 Å². The molecule has 10 heteroatoms. The molecule has 0 aromatic carbocycles. The highest BCUT2D eigenvalue weighted by Gasteiger charge is 2.44. The van der Waals surface area contributed by atoms with Crippen molar-refractivity contribution in [3.63, 3.8) is 0 Å². The normalized spacial score (nSPS) is 21.4. The van der Waals surface area contributed by atoms with Crippen molar-refractivity contribution in [2.24, 2.45) is 0 Å². The summed E-state index contributed by atoms with van der Waals surface area (Å²) >= 11 is 0. The van der Waals surface area contributed by atoms with Crippen molar-refractivity contribution in [3.8, 4) is 0 Å². The molecule has 0 saturated carbocycles. The Morgan fingerprint density at radius 2 is 1.06 bits per heavy atom. The monoisotopic (exact) mass is 727 g/mol.